The first-order valence-electron chi connectivity index (χ1n) is 10.1. The van der Waals surface area contributed by atoms with Gasteiger partial charge in [0.15, 0.2) is 0 Å². The van der Waals surface area contributed by atoms with Crippen molar-refractivity contribution in [2.75, 3.05) is 33.8 Å². The predicted molar refractivity (Wildman–Crippen MR) is 114 cm³/mol. The van der Waals surface area contributed by atoms with E-state index in [1.807, 2.05) is 56.3 Å². The molecule has 0 aliphatic carbocycles. The van der Waals surface area contributed by atoms with Crippen LogP contribution in [0.2, 0.25) is 0 Å². The number of nitrogens with zero attached hydrogens (tertiary/aromatic N) is 2. The first kappa shape index (κ1) is 20.2. The van der Waals surface area contributed by atoms with E-state index in [1.165, 1.54) is 0 Å². The van der Waals surface area contributed by atoms with E-state index in [2.05, 4.69) is 0 Å². The Morgan fingerprint density at radius 3 is 2.73 bits per heavy atom. The quantitative estimate of drug-likeness (QED) is 0.470. The number of benzene rings is 2. The molecular weight excluding hydrogens is 380 g/mol. The molecule has 1 atom stereocenters. The minimum Gasteiger partial charge on any atom is -0.507 e. The van der Waals surface area contributed by atoms with Crippen LogP contribution in [0, 0.1) is 6.92 Å². The number of hydrogen-bond donors (Lipinski definition) is 1. The highest BCUT2D eigenvalue weighted by Crippen LogP contribution is 2.40. The van der Waals surface area contributed by atoms with Gasteiger partial charge in [0.1, 0.15) is 11.5 Å². The Labute approximate surface area is 176 Å². The Hall–Kier alpha value is -3.12. The molecule has 1 fully saturated rings. The largest absolute Gasteiger partial charge is 0.507 e. The van der Waals surface area contributed by atoms with E-state index >= 15 is 0 Å². The number of ketones is 1. The minimum atomic E-state index is -0.644. The van der Waals surface area contributed by atoms with Crippen molar-refractivity contribution in [3.63, 3.8) is 0 Å². The summed E-state index contributed by atoms with van der Waals surface area (Å²) in [4.78, 5) is 29.5. The van der Waals surface area contributed by atoms with Crippen molar-refractivity contribution in [2.24, 2.45) is 0 Å². The highest BCUT2D eigenvalue weighted by molar-refractivity contribution is 6.46. The Bertz CT molecular complexity index is 1040. The molecule has 6 nitrogen and oxygen atoms in total. The summed E-state index contributed by atoms with van der Waals surface area (Å²) in [5, 5.41) is 11.2. The van der Waals surface area contributed by atoms with Crippen molar-refractivity contribution in [2.45, 2.75) is 19.4 Å². The third-order valence-corrected chi connectivity index (χ3v) is 5.65. The SMILES string of the molecule is Cc1cccc(C2/C(=C(/O)c3ccc4c(c3)CCO4)C(=O)C(=O)N2CCN(C)C)c1. The van der Waals surface area contributed by atoms with E-state index < -0.39 is 17.7 Å². The fraction of sp³-hybridized carbons (Fsp3) is 0.333. The third kappa shape index (κ3) is 3.59. The van der Waals surface area contributed by atoms with Crippen LogP contribution < -0.4 is 4.74 Å². The number of aliphatic hydroxyl groups is 1. The first-order valence-corrected chi connectivity index (χ1v) is 10.1. The van der Waals surface area contributed by atoms with Crippen molar-refractivity contribution in [1.82, 2.24) is 9.80 Å². The maximum Gasteiger partial charge on any atom is 0.295 e. The smallest absolute Gasteiger partial charge is 0.295 e. The first-order chi connectivity index (χ1) is 14.4. The highest BCUT2D eigenvalue weighted by atomic mass is 16.5. The number of likely N-dealkylation sites (tertiary alicyclic amines) is 1. The summed E-state index contributed by atoms with van der Waals surface area (Å²) in [6.45, 7) is 3.59. The summed E-state index contributed by atoms with van der Waals surface area (Å²) in [5.41, 5.74) is 3.51. The average molecular weight is 406 g/mol. The van der Waals surface area contributed by atoms with E-state index in [0.29, 0.717) is 25.3 Å². The van der Waals surface area contributed by atoms with Gasteiger partial charge >= 0.3 is 0 Å². The van der Waals surface area contributed by atoms with Crippen LogP contribution >= 0.6 is 0 Å². The lowest BCUT2D eigenvalue weighted by Crippen LogP contribution is -2.35. The van der Waals surface area contributed by atoms with Gasteiger partial charge in [-0.1, -0.05) is 29.8 Å². The Morgan fingerprint density at radius 1 is 1.20 bits per heavy atom. The van der Waals surface area contributed by atoms with E-state index in [4.69, 9.17) is 4.74 Å². The van der Waals surface area contributed by atoms with Crippen molar-refractivity contribution < 1.29 is 19.4 Å². The fourth-order valence-electron chi connectivity index (χ4n) is 4.09. The van der Waals surface area contributed by atoms with Gasteiger partial charge in [0.2, 0.25) is 0 Å². The second-order valence-corrected chi connectivity index (χ2v) is 8.13. The fourth-order valence-corrected chi connectivity index (χ4v) is 4.09. The molecule has 2 aliphatic heterocycles. The van der Waals surface area contributed by atoms with Gasteiger partial charge in [0.05, 0.1) is 18.2 Å². The zero-order chi connectivity index (χ0) is 21.4. The normalized spacial score (nSPS) is 20.0. The maximum absolute atomic E-state index is 13.0. The maximum atomic E-state index is 13.0. The molecule has 0 radical (unpaired) electrons. The molecule has 156 valence electrons. The molecule has 0 aromatic heterocycles. The second-order valence-electron chi connectivity index (χ2n) is 8.13. The van der Waals surface area contributed by atoms with Crippen LogP contribution in [0.4, 0.5) is 0 Å². The number of carbonyl (C=O) groups is 2. The lowest BCUT2D eigenvalue weighted by Gasteiger charge is -2.26. The molecule has 4 rings (SSSR count). The Balaban J connectivity index is 1.83. The molecule has 1 N–H and O–H groups in total. The summed E-state index contributed by atoms with van der Waals surface area (Å²) in [6.07, 6.45) is 0.759. The van der Waals surface area contributed by atoms with Gasteiger partial charge in [-0.25, -0.2) is 0 Å². The summed E-state index contributed by atoms with van der Waals surface area (Å²) in [7, 11) is 3.84. The van der Waals surface area contributed by atoms with E-state index in [9.17, 15) is 14.7 Å². The summed E-state index contributed by atoms with van der Waals surface area (Å²) in [5.74, 6) is -0.556. The van der Waals surface area contributed by atoms with Crippen LogP contribution in [0.3, 0.4) is 0 Å². The monoisotopic (exact) mass is 406 g/mol. The summed E-state index contributed by atoms with van der Waals surface area (Å²) < 4.78 is 5.54. The van der Waals surface area contributed by atoms with Gasteiger partial charge < -0.3 is 19.6 Å². The summed E-state index contributed by atoms with van der Waals surface area (Å²) in [6, 6.07) is 12.5. The van der Waals surface area contributed by atoms with Gasteiger partial charge in [-0.2, -0.15) is 0 Å². The topological polar surface area (TPSA) is 70.1 Å². The van der Waals surface area contributed by atoms with Crippen LogP contribution in [0.1, 0.15) is 28.3 Å². The average Bonchev–Trinajstić information content (AvgIpc) is 3.28. The molecule has 30 heavy (non-hydrogen) atoms. The lowest BCUT2D eigenvalue weighted by molar-refractivity contribution is -0.140. The molecule has 1 saturated heterocycles. The number of rotatable bonds is 5. The predicted octanol–water partition coefficient (Wildman–Crippen LogP) is 2.91. The van der Waals surface area contributed by atoms with Gasteiger partial charge in [-0.3, -0.25) is 9.59 Å². The molecular formula is C24H26N2O4. The van der Waals surface area contributed by atoms with Crippen LogP contribution in [-0.2, 0) is 16.0 Å². The number of hydrogen-bond acceptors (Lipinski definition) is 5. The number of carbonyl (C=O) groups excluding carboxylic acids is 2. The number of Topliss-reactive ketones (excluding diaryl/α,β-unsaturated/α-hetero) is 1. The van der Waals surface area contributed by atoms with E-state index in [0.717, 1.165) is 28.9 Å². The number of aryl methyl sites for hydroxylation is 1. The van der Waals surface area contributed by atoms with Gasteiger partial charge in [0, 0.05) is 25.1 Å². The van der Waals surface area contributed by atoms with Gasteiger partial charge in [-0.15, -0.1) is 0 Å². The van der Waals surface area contributed by atoms with Crippen LogP contribution in [0.25, 0.3) is 5.76 Å². The Kier molecular flexibility index (Phi) is 5.35. The standard InChI is InChI=1S/C24H26N2O4/c1-15-5-4-6-17(13-15)21-20(23(28)24(29)26(21)11-10-25(2)3)22(27)18-7-8-19-16(14-18)9-12-30-19/h4-8,13-14,21,27H,9-12H2,1-3H3/b22-20-. The molecule has 1 unspecified atom stereocenters. The minimum absolute atomic E-state index is 0.137. The number of amides is 1. The molecule has 1 amide bonds. The van der Waals surface area contributed by atoms with Crippen LogP contribution in [0.15, 0.2) is 48.0 Å². The number of ether oxygens (including phenoxy) is 1. The van der Waals surface area contributed by atoms with Gasteiger partial charge in [0.25, 0.3) is 11.7 Å². The second kappa shape index (κ2) is 7.95. The molecule has 6 heteroatoms. The van der Waals surface area contributed by atoms with Gasteiger partial charge in [-0.05, 0) is 50.3 Å². The number of likely N-dealkylation sites (N-methyl/N-ethyl adjacent to an activating group) is 1. The Morgan fingerprint density at radius 2 is 2.00 bits per heavy atom. The van der Waals surface area contributed by atoms with E-state index in [-0.39, 0.29) is 11.3 Å². The van der Waals surface area contributed by atoms with E-state index in [1.54, 1.807) is 17.0 Å². The van der Waals surface area contributed by atoms with Crippen molar-refractivity contribution >= 4 is 17.4 Å². The summed E-state index contributed by atoms with van der Waals surface area (Å²) >= 11 is 0. The highest BCUT2D eigenvalue weighted by Gasteiger charge is 2.45. The van der Waals surface area contributed by atoms with Crippen LogP contribution in [-0.4, -0.2) is 60.4 Å². The molecule has 0 bridgehead atoms. The molecule has 0 saturated carbocycles. The molecule has 0 spiro atoms. The van der Waals surface area contributed by atoms with Crippen molar-refractivity contribution in [3.05, 3.63) is 70.3 Å². The molecule has 2 aromatic carbocycles. The number of fused-ring (bicyclic) bond motifs is 1. The zero-order valence-corrected chi connectivity index (χ0v) is 17.5. The van der Waals surface area contributed by atoms with Crippen molar-refractivity contribution in [3.8, 4) is 5.75 Å². The molecule has 2 aliphatic rings. The number of aliphatic hydroxyl groups excluding tert-OH is 1. The molecule has 2 heterocycles. The molecule has 2 aromatic rings. The van der Waals surface area contributed by atoms with Crippen LogP contribution in [0.5, 0.6) is 5.75 Å². The zero-order valence-electron chi connectivity index (χ0n) is 17.5. The van der Waals surface area contributed by atoms with Crippen molar-refractivity contribution in [1.29, 1.82) is 0 Å². The third-order valence-electron chi connectivity index (χ3n) is 5.65. The lowest BCUT2D eigenvalue weighted by atomic mass is 9.94.